The molecule has 3 aliphatic carbocycles. The number of guanidine groups is 1. The fraction of sp³-hybridized carbons (Fsp3) is 0.773. The molecular weight excluding hydrogens is 368 g/mol. The van der Waals surface area contributed by atoms with E-state index in [-0.39, 0.29) is 35.5 Å². The molecule has 0 radical (unpaired) electrons. The Labute approximate surface area is 173 Å². The van der Waals surface area contributed by atoms with Gasteiger partial charge < -0.3 is 15.4 Å². The molecule has 160 valence electrons. The molecule has 4 rings (SSSR count). The van der Waals surface area contributed by atoms with Gasteiger partial charge in [-0.3, -0.25) is 19.5 Å². The Kier molecular flexibility index (Phi) is 6.53. The van der Waals surface area contributed by atoms with E-state index in [4.69, 9.17) is 4.74 Å². The zero-order valence-electron chi connectivity index (χ0n) is 17.4. The minimum absolute atomic E-state index is 0.0182. The lowest BCUT2D eigenvalue weighted by Gasteiger charge is -2.18. The molecule has 2 amide bonds. The number of fused-ring (bicyclic) bond motifs is 5. The van der Waals surface area contributed by atoms with Gasteiger partial charge in [0.15, 0.2) is 5.96 Å². The maximum Gasteiger partial charge on any atom is 0.233 e. The van der Waals surface area contributed by atoms with Crippen molar-refractivity contribution in [3.05, 3.63) is 12.2 Å². The van der Waals surface area contributed by atoms with Crippen molar-refractivity contribution in [2.45, 2.75) is 51.6 Å². The zero-order valence-corrected chi connectivity index (χ0v) is 17.4. The van der Waals surface area contributed by atoms with Crippen LogP contribution in [0.15, 0.2) is 17.1 Å². The van der Waals surface area contributed by atoms with E-state index in [0.717, 1.165) is 32.0 Å². The van der Waals surface area contributed by atoms with Crippen LogP contribution in [0.4, 0.5) is 0 Å². The average molecular weight is 403 g/mol. The topological polar surface area (TPSA) is 83.0 Å². The van der Waals surface area contributed by atoms with E-state index >= 15 is 0 Å². The highest BCUT2D eigenvalue weighted by Crippen LogP contribution is 2.52. The highest BCUT2D eigenvalue weighted by atomic mass is 16.5. The van der Waals surface area contributed by atoms with Crippen molar-refractivity contribution in [3.8, 4) is 0 Å². The second-order valence-corrected chi connectivity index (χ2v) is 8.65. The van der Waals surface area contributed by atoms with Gasteiger partial charge in [0.05, 0.1) is 17.9 Å². The summed E-state index contributed by atoms with van der Waals surface area (Å²) in [6.45, 7) is 5.17. The first-order valence-corrected chi connectivity index (χ1v) is 11.4. The monoisotopic (exact) mass is 402 g/mol. The second-order valence-electron chi connectivity index (χ2n) is 8.65. The molecule has 0 aromatic heterocycles. The lowest BCUT2D eigenvalue weighted by atomic mass is 9.85. The van der Waals surface area contributed by atoms with Crippen molar-refractivity contribution < 1.29 is 14.3 Å². The van der Waals surface area contributed by atoms with Crippen molar-refractivity contribution >= 4 is 17.8 Å². The summed E-state index contributed by atoms with van der Waals surface area (Å²) in [7, 11) is 0. The molecular formula is C22H34N4O3. The van der Waals surface area contributed by atoms with Crippen LogP contribution in [0, 0.1) is 23.7 Å². The summed E-state index contributed by atoms with van der Waals surface area (Å²) in [5, 5.41) is 6.49. The van der Waals surface area contributed by atoms with Gasteiger partial charge in [-0.2, -0.15) is 0 Å². The number of nitrogens with one attached hydrogen (secondary N) is 2. The Bertz CT molecular complexity index is 641. The van der Waals surface area contributed by atoms with E-state index in [0.29, 0.717) is 25.7 Å². The Hall–Kier alpha value is -1.89. The third-order valence-electron chi connectivity index (χ3n) is 6.76. The van der Waals surface area contributed by atoms with Gasteiger partial charge in [0.2, 0.25) is 11.8 Å². The molecule has 0 spiro atoms. The van der Waals surface area contributed by atoms with Crippen LogP contribution < -0.4 is 10.6 Å². The van der Waals surface area contributed by atoms with E-state index in [2.05, 4.69) is 27.8 Å². The SMILES string of the molecule is CCNC(=NCCCOC1CCCC1)NCCN1C(=O)C2C3C=CC(C3)C2C1=O. The van der Waals surface area contributed by atoms with Crippen molar-refractivity contribution in [2.75, 3.05) is 32.8 Å². The van der Waals surface area contributed by atoms with E-state index in [1.54, 1.807) is 0 Å². The molecule has 4 aliphatic rings. The summed E-state index contributed by atoms with van der Waals surface area (Å²) < 4.78 is 5.88. The van der Waals surface area contributed by atoms with Gasteiger partial charge in [-0.05, 0) is 44.4 Å². The fourth-order valence-corrected chi connectivity index (χ4v) is 5.37. The number of likely N-dealkylation sites (tertiary alicyclic amines) is 1. The summed E-state index contributed by atoms with van der Waals surface area (Å²) in [6, 6.07) is 0. The smallest absolute Gasteiger partial charge is 0.233 e. The first-order chi connectivity index (χ1) is 14.2. The number of aliphatic imine (C=N–C) groups is 1. The summed E-state index contributed by atoms with van der Waals surface area (Å²) in [4.78, 5) is 31.5. The van der Waals surface area contributed by atoms with E-state index in [9.17, 15) is 9.59 Å². The molecule has 1 heterocycles. The van der Waals surface area contributed by atoms with Crippen LogP contribution in [-0.4, -0.2) is 61.6 Å². The van der Waals surface area contributed by atoms with Crippen molar-refractivity contribution in [1.82, 2.24) is 15.5 Å². The predicted octanol–water partition coefficient (Wildman–Crippen LogP) is 1.70. The first kappa shape index (κ1) is 20.4. The molecule has 4 atom stereocenters. The molecule has 1 saturated heterocycles. The average Bonchev–Trinajstić information content (AvgIpc) is 3.49. The van der Waals surface area contributed by atoms with Gasteiger partial charge in [0.25, 0.3) is 0 Å². The molecule has 2 bridgehead atoms. The number of allylic oxidation sites excluding steroid dienone is 2. The molecule has 3 fully saturated rings. The second kappa shape index (κ2) is 9.28. The van der Waals surface area contributed by atoms with Crippen LogP contribution in [0.5, 0.6) is 0 Å². The van der Waals surface area contributed by atoms with Gasteiger partial charge in [-0.25, -0.2) is 0 Å². The molecule has 2 N–H and O–H groups in total. The number of hydrogen-bond donors (Lipinski definition) is 2. The normalized spacial score (nSPS) is 31.2. The predicted molar refractivity (Wildman–Crippen MR) is 111 cm³/mol. The van der Waals surface area contributed by atoms with Gasteiger partial charge in [0, 0.05) is 32.8 Å². The molecule has 2 saturated carbocycles. The molecule has 29 heavy (non-hydrogen) atoms. The number of amides is 2. The van der Waals surface area contributed by atoms with Gasteiger partial charge in [-0.15, -0.1) is 0 Å². The van der Waals surface area contributed by atoms with Crippen LogP contribution in [0.25, 0.3) is 0 Å². The number of hydrogen-bond acceptors (Lipinski definition) is 4. The van der Waals surface area contributed by atoms with Crippen LogP contribution >= 0.6 is 0 Å². The Morgan fingerprint density at radius 2 is 1.83 bits per heavy atom. The summed E-state index contributed by atoms with van der Waals surface area (Å²) in [5.74, 6) is 1.08. The van der Waals surface area contributed by atoms with E-state index < -0.39 is 0 Å². The van der Waals surface area contributed by atoms with Gasteiger partial charge in [-0.1, -0.05) is 25.0 Å². The molecule has 7 heteroatoms. The maximum absolute atomic E-state index is 12.7. The molecule has 7 nitrogen and oxygen atoms in total. The largest absolute Gasteiger partial charge is 0.378 e. The number of ether oxygens (including phenoxy) is 1. The molecule has 0 aromatic rings. The third kappa shape index (κ3) is 4.34. The number of carbonyl (C=O) groups is 2. The maximum atomic E-state index is 12.7. The number of carbonyl (C=O) groups excluding carboxylic acids is 2. The lowest BCUT2D eigenvalue weighted by molar-refractivity contribution is -0.140. The van der Waals surface area contributed by atoms with E-state index in [1.807, 2.05) is 6.92 Å². The molecule has 1 aliphatic heterocycles. The van der Waals surface area contributed by atoms with Crippen LogP contribution in [0.3, 0.4) is 0 Å². The van der Waals surface area contributed by atoms with Gasteiger partial charge >= 0.3 is 0 Å². The Morgan fingerprint density at radius 3 is 2.48 bits per heavy atom. The Balaban J connectivity index is 1.19. The highest BCUT2D eigenvalue weighted by molar-refractivity contribution is 6.06. The van der Waals surface area contributed by atoms with Crippen LogP contribution in [-0.2, 0) is 14.3 Å². The minimum atomic E-state index is -0.112. The standard InChI is InChI=1S/C22H34N4O3/c1-2-23-22(24-10-5-13-29-17-6-3-4-7-17)25-11-12-26-20(27)18-15-8-9-16(14-15)19(18)21(26)28/h8-9,15-19H,2-7,10-14H2,1H3,(H2,23,24,25). The highest BCUT2D eigenvalue weighted by Gasteiger charge is 2.58. The van der Waals surface area contributed by atoms with Crippen LogP contribution in [0.1, 0.15) is 45.4 Å². The minimum Gasteiger partial charge on any atom is -0.378 e. The molecule has 0 aromatic carbocycles. The first-order valence-electron chi connectivity index (χ1n) is 11.4. The van der Waals surface area contributed by atoms with Crippen molar-refractivity contribution in [2.24, 2.45) is 28.7 Å². The third-order valence-corrected chi connectivity index (χ3v) is 6.76. The summed E-state index contributed by atoms with van der Waals surface area (Å²) in [5.41, 5.74) is 0. The lowest BCUT2D eigenvalue weighted by Crippen LogP contribution is -2.43. The van der Waals surface area contributed by atoms with Crippen LogP contribution in [0.2, 0.25) is 0 Å². The molecule has 4 unspecified atom stereocenters. The summed E-state index contributed by atoms with van der Waals surface area (Å²) >= 11 is 0. The van der Waals surface area contributed by atoms with Gasteiger partial charge in [0.1, 0.15) is 0 Å². The summed E-state index contributed by atoms with van der Waals surface area (Å²) in [6.07, 6.45) is 11.6. The number of imide groups is 1. The zero-order chi connectivity index (χ0) is 20.2. The van der Waals surface area contributed by atoms with Crippen molar-refractivity contribution in [1.29, 1.82) is 0 Å². The Morgan fingerprint density at radius 1 is 1.14 bits per heavy atom. The number of rotatable bonds is 9. The fourth-order valence-electron chi connectivity index (χ4n) is 5.37. The number of nitrogens with zero attached hydrogens (tertiary/aromatic N) is 2. The van der Waals surface area contributed by atoms with Crippen molar-refractivity contribution in [3.63, 3.8) is 0 Å². The quantitative estimate of drug-likeness (QED) is 0.202. The van der Waals surface area contributed by atoms with E-state index in [1.165, 1.54) is 30.6 Å².